The molecule has 2 aliphatic heterocycles. The topological polar surface area (TPSA) is 3.24 Å². The summed E-state index contributed by atoms with van der Waals surface area (Å²) >= 11 is 0. The first-order valence-electron chi connectivity index (χ1n) is 7.75. The van der Waals surface area contributed by atoms with Crippen molar-refractivity contribution in [1.82, 2.24) is 0 Å². The van der Waals surface area contributed by atoms with Crippen molar-refractivity contribution in [3.05, 3.63) is 89.2 Å². The molecule has 5 rings (SSSR count). The molecule has 1 nitrogen and oxygen atoms in total. The van der Waals surface area contributed by atoms with E-state index in [1.54, 1.807) is 0 Å². The van der Waals surface area contributed by atoms with Gasteiger partial charge in [-0.05, 0) is 35.6 Å². The van der Waals surface area contributed by atoms with E-state index in [1.165, 1.54) is 28.1 Å². The maximum Gasteiger partial charge on any atom is 0.0776 e. The van der Waals surface area contributed by atoms with Crippen LogP contribution in [-0.4, -0.2) is 6.04 Å². The average molecular weight is 271 g/mol. The summed E-state index contributed by atoms with van der Waals surface area (Å²) in [4.78, 5) is 2.58. The number of hydrogen-bond donors (Lipinski definition) is 0. The fourth-order valence-electron chi connectivity index (χ4n) is 4.12. The minimum Gasteiger partial charge on any atom is -0.333 e. The number of hydrogen-bond acceptors (Lipinski definition) is 1. The molecule has 0 radical (unpaired) electrons. The van der Waals surface area contributed by atoms with Crippen molar-refractivity contribution < 1.29 is 0 Å². The molecule has 102 valence electrons. The minimum absolute atomic E-state index is 0.365. The molecule has 1 heteroatoms. The van der Waals surface area contributed by atoms with Gasteiger partial charge >= 0.3 is 0 Å². The van der Waals surface area contributed by atoms with Gasteiger partial charge in [0.1, 0.15) is 0 Å². The summed E-state index contributed by atoms with van der Waals surface area (Å²) in [6, 6.07) is 9.26. The van der Waals surface area contributed by atoms with Crippen molar-refractivity contribution in [1.29, 1.82) is 0 Å². The minimum atomic E-state index is 0.365. The number of fused-ring (bicyclic) bond motifs is 4. The van der Waals surface area contributed by atoms with E-state index < -0.39 is 0 Å². The summed E-state index contributed by atoms with van der Waals surface area (Å²) in [5.41, 5.74) is 7.32. The third kappa shape index (κ3) is 1.52. The Balaban J connectivity index is 1.78. The molecule has 2 atom stereocenters. The average Bonchev–Trinajstić information content (AvgIpc) is 2.54. The van der Waals surface area contributed by atoms with Crippen LogP contribution in [0.4, 0.5) is 5.69 Å². The second-order valence-corrected chi connectivity index (χ2v) is 6.19. The highest BCUT2D eigenvalue weighted by Crippen LogP contribution is 2.46. The molecule has 0 spiro atoms. The number of allylic oxidation sites excluding steroid dienone is 6. The number of anilines is 1. The van der Waals surface area contributed by atoms with E-state index in [2.05, 4.69) is 71.7 Å². The third-order valence-corrected chi connectivity index (χ3v) is 4.99. The smallest absolute Gasteiger partial charge is 0.0776 e. The van der Waals surface area contributed by atoms with Gasteiger partial charge in [-0.1, -0.05) is 60.7 Å². The molecule has 1 aromatic carbocycles. The highest BCUT2D eigenvalue weighted by atomic mass is 15.2. The molecule has 0 N–H and O–H groups in total. The van der Waals surface area contributed by atoms with Crippen LogP contribution in [0.15, 0.2) is 83.6 Å². The molecule has 2 unspecified atom stereocenters. The van der Waals surface area contributed by atoms with Crippen LogP contribution in [0.5, 0.6) is 0 Å². The quantitative estimate of drug-likeness (QED) is 0.635. The van der Waals surface area contributed by atoms with Crippen molar-refractivity contribution in [2.75, 3.05) is 4.90 Å². The maximum absolute atomic E-state index is 2.58. The number of para-hydroxylation sites is 1. The Morgan fingerprint density at radius 2 is 2.00 bits per heavy atom. The van der Waals surface area contributed by atoms with Gasteiger partial charge in [0.2, 0.25) is 0 Å². The molecule has 21 heavy (non-hydrogen) atoms. The molecular formula is C20H17N. The van der Waals surface area contributed by atoms with Crippen LogP contribution in [0.1, 0.15) is 12.0 Å². The van der Waals surface area contributed by atoms with Gasteiger partial charge in [-0.25, -0.2) is 0 Å². The van der Waals surface area contributed by atoms with Crippen LogP contribution in [-0.2, 0) is 6.42 Å². The van der Waals surface area contributed by atoms with E-state index in [0.717, 1.165) is 12.8 Å². The Hall–Kier alpha value is -2.28. The van der Waals surface area contributed by atoms with Gasteiger partial charge in [0.25, 0.3) is 0 Å². The van der Waals surface area contributed by atoms with Crippen LogP contribution in [0.25, 0.3) is 0 Å². The molecule has 2 heterocycles. The van der Waals surface area contributed by atoms with E-state index in [-0.39, 0.29) is 0 Å². The number of nitrogens with zero attached hydrogens (tertiary/aromatic N) is 1. The Morgan fingerprint density at radius 1 is 1.05 bits per heavy atom. The summed E-state index contributed by atoms with van der Waals surface area (Å²) < 4.78 is 0. The molecule has 2 aliphatic carbocycles. The summed E-state index contributed by atoms with van der Waals surface area (Å²) in [5.74, 6) is 0.542. The van der Waals surface area contributed by atoms with Gasteiger partial charge in [0, 0.05) is 17.3 Å². The second-order valence-electron chi connectivity index (χ2n) is 6.19. The van der Waals surface area contributed by atoms with E-state index in [1.807, 2.05) is 0 Å². The van der Waals surface area contributed by atoms with Gasteiger partial charge in [-0.15, -0.1) is 0 Å². The molecule has 0 amide bonds. The van der Waals surface area contributed by atoms with E-state index in [4.69, 9.17) is 0 Å². The number of benzene rings is 1. The van der Waals surface area contributed by atoms with E-state index in [0.29, 0.717) is 12.0 Å². The fourth-order valence-corrected chi connectivity index (χ4v) is 4.12. The monoisotopic (exact) mass is 271 g/mol. The summed E-state index contributed by atoms with van der Waals surface area (Å²) in [5, 5.41) is 0. The van der Waals surface area contributed by atoms with E-state index >= 15 is 0 Å². The Morgan fingerprint density at radius 3 is 3.00 bits per heavy atom. The highest BCUT2D eigenvalue weighted by Gasteiger charge is 2.38. The first-order chi connectivity index (χ1) is 10.4. The SMILES string of the molecule is C1=CC2=CC3=C4C(C=CC3)Cc3ccccc3N4C2C=C1. The van der Waals surface area contributed by atoms with Gasteiger partial charge < -0.3 is 4.90 Å². The maximum atomic E-state index is 2.58. The van der Waals surface area contributed by atoms with Crippen LogP contribution in [0, 0.1) is 5.92 Å². The normalized spacial score (nSPS) is 28.0. The van der Waals surface area contributed by atoms with Gasteiger partial charge in [0.05, 0.1) is 6.04 Å². The van der Waals surface area contributed by atoms with Crippen molar-refractivity contribution in [2.45, 2.75) is 18.9 Å². The zero-order valence-corrected chi connectivity index (χ0v) is 11.9. The van der Waals surface area contributed by atoms with Crippen molar-refractivity contribution in [3.8, 4) is 0 Å². The molecule has 0 bridgehead atoms. The lowest BCUT2D eigenvalue weighted by Gasteiger charge is -2.47. The summed E-state index contributed by atoms with van der Waals surface area (Å²) in [7, 11) is 0. The number of rotatable bonds is 0. The molecule has 4 aliphatic rings. The predicted molar refractivity (Wildman–Crippen MR) is 87.0 cm³/mol. The lowest BCUT2D eigenvalue weighted by Crippen LogP contribution is -2.44. The van der Waals surface area contributed by atoms with Gasteiger partial charge in [-0.2, -0.15) is 0 Å². The van der Waals surface area contributed by atoms with Crippen molar-refractivity contribution in [2.24, 2.45) is 5.92 Å². The van der Waals surface area contributed by atoms with Crippen LogP contribution in [0.3, 0.4) is 0 Å². The molecule has 1 aromatic rings. The fraction of sp³-hybridized carbons (Fsp3) is 0.200. The first-order valence-corrected chi connectivity index (χ1v) is 7.75. The molecule has 0 fully saturated rings. The molecule has 0 aromatic heterocycles. The zero-order valence-electron chi connectivity index (χ0n) is 11.9. The molecular weight excluding hydrogens is 254 g/mol. The van der Waals surface area contributed by atoms with Crippen LogP contribution >= 0.6 is 0 Å². The summed E-state index contributed by atoms with van der Waals surface area (Å²) in [6.45, 7) is 0. The van der Waals surface area contributed by atoms with Gasteiger partial charge in [-0.3, -0.25) is 0 Å². The van der Waals surface area contributed by atoms with Crippen LogP contribution in [0.2, 0.25) is 0 Å². The molecule has 0 saturated heterocycles. The zero-order chi connectivity index (χ0) is 13.8. The van der Waals surface area contributed by atoms with E-state index in [9.17, 15) is 0 Å². The predicted octanol–water partition coefficient (Wildman–Crippen LogP) is 4.31. The largest absolute Gasteiger partial charge is 0.333 e. The Kier molecular flexibility index (Phi) is 2.23. The first kappa shape index (κ1) is 11.4. The highest BCUT2D eigenvalue weighted by molar-refractivity contribution is 5.70. The summed E-state index contributed by atoms with van der Waals surface area (Å²) in [6.07, 6.45) is 18.3. The van der Waals surface area contributed by atoms with Crippen molar-refractivity contribution >= 4 is 5.69 Å². The Bertz CT molecular complexity index is 773. The lowest BCUT2D eigenvalue weighted by atomic mass is 9.78. The standard InChI is InChI=1S/C20H17N/c1-3-10-18-14(6-1)12-16-8-5-9-17-13-15-7-2-4-11-19(15)21(18)20(16)17/h1-8,10-11,13,16,19H,9,12H2. The van der Waals surface area contributed by atoms with Crippen LogP contribution < -0.4 is 4.90 Å². The second kappa shape index (κ2) is 4.11. The van der Waals surface area contributed by atoms with Gasteiger partial charge in [0.15, 0.2) is 0 Å². The van der Waals surface area contributed by atoms with Crippen molar-refractivity contribution in [3.63, 3.8) is 0 Å². The Labute approximate surface area is 125 Å². The lowest BCUT2D eigenvalue weighted by molar-refractivity contribution is 0.624. The third-order valence-electron chi connectivity index (χ3n) is 4.99. The molecule has 0 saturated carbocycles.